The van der Waals surface area contributed by atoms with E-state index in [9.17, 15) is 9.59 Å². The maximum absolute atomic E-state index is 11.7. The summed E-state index contributed by atoms with van der Waals surface area (Å²) in [5, 5.41) is 11.5. The molecular weight excluding hydrogens is 348 g/mol. The molecule has 152 valence electrons. The standard InChI is InChI=1S/C15H30N4O7/c1-23-5-6-24-7-8-25-9-10-26-11-13(20)19-12(14(21)22)3-2-4-18-15(16)17/h12H,2-11H2,1H3,(H,19,20)(H,21,22)(H4,16,17,18). The van der Waals surface area contributed by atoms with Gasteiger partial charge in [0.1, 0.15) is 12.6 Å². The Hall–Kier alpha value is -1.95. The number of carboxylic acids is 1. The summed E-state index contributed by atoms with van der Waals surface area (Å²) in [5.41, 5.74) is 10.4. The van der Waals surface area contributed by atoms with Gasteiger partial charge in [0.2, 0.25) is 5.91 Å². The van der Waals surface area contributed by atoms with Gasteiger partial charge in [0.25, 0.3) is 0 Å². The van der Waals surface area contributed by atoms with Crippen molar-refractivity contribution in [2.75, 3.05) is 59.9 Å². The molecular formula is C15H30N4O7. The van der Waals surface area contributed by atoms with Crippen molar-refractivity contribution in [3.8, 4) is 0 Å². The SMILES string of the molecule is COCCOCCOCCOCC(=O)NC(CCCN=C(N)N)C(=O)O. The highest BCUT2D eigenvalue weighted by Gasteiger charge is 2.19. The lowest BCUT2D eigenvalue weighted by molar-refractivity contribution is -0.142. The van der Waals surface area contributed by atoms with E-state index in [1.165, 1.54) is 0 Å². The number of aliphatic carboxylic acids is 1. The Morgan fingerprint density at radius 1 is 1.04 bits per heavy atom. The molecule has 0 aliphatic heterocycles. The van der Waals surface area contributed by atoms with Crippen molar-refractivity contribution in [1.29, 1.82) is 0 Å². The molecule has 1 atom stereocenters. The van der Waals surface area contributed by atoms with Crippen LogP contribution >= 0.6 is 0 Å². The summed E-state index contributed by atoms with van der Waals surface area (Å²) in [6.45, 7) is 2.48. The molecule has 0 heterocycles. The molecule has 26 heavy (non-hydrogen) atoms. The Morgan fingerprint density at radius 2 is 1.62 bits per heavy atom. The number of rotatable bonds is 17. The molecule has 0 saturated heterocycles. The van der Waals surface area contributed by atoms with E-state index in [-0.39, 0.29) is 25.6 Å². The van der Waals surface area contributed by atoms with Crippen LogP contribution in [0.25, 0.3) is 0 Å². The van der Waals surface area contributed by atoms with E-state index in [0.29, 0.717) is 46.0 Å². The van der Waals surface area contributed by atoms with E-state index in [1.54, 1.807) is 7.11 Å². The second kappa shape index (κ2) is 16.5. The van der Waals surface area contributed by atoms with Gasteiger partial charge in [-0.3, -0.25) is 9.79 Å². The van der Waals surface area contributed by atoms with Gasteiger partial charge in [0, 0.05) is 13.7 Å². The number of carboxylic acid groups (broad SMARTS) is 1. The second-order valence-electron chi connectivity index (χ2n) is 5.18. The molecule has 0 aromatic carbocycles. The number of nitrogens with one attached hydrogen (secondary N) is 1. The molecule has 0 aromatic heterocycles. The summed E-state index contributed by atoms with van der Waals surface area (Å²) in [6.07, 6.45) is 0.639. The van der Waals surface area contributed by atoms with Crippen molar-refractivity contribution in [2.45, 2.75) is 18.9 Å². The fourth-order valence-corrected chi connectivity index (χ4v) is 1.74. The third kappa shape index (κ3) is 15.6. The molecule has 1 amide bonds. The van der Waals surface area contributed by atoms with Crippen LogP contribution in [-0.2, 0) is 28.5 Å². The molecule has 6 N–H and O–H groups in total. The maximum Gasteiger partial charge on any atom is 0.326 e. The third-order valence-corrected chi connectivity index (χ3v) is 2.99. The first-order valence-corrected chi connectivity index (χ1v) is 8.27. The molecule has 0 saturated carbocycles. The van der Waals surface area contributed by atoms with Crippen LogP contribution in [0.15, 0.2) is 4.99 Å². The van der Waals surface area contributed by atoms with Crippen molar-refractivity contribution in [3.63, 3.8) is 0 Å². The van der Waals surface area contributed by atoms with E-state index in [2.05, 4.69) is 10.3 Å². The third-order valence-electron chi connectivity index (χ3n) is 2.99. The molecule has 0 spiro atoms. The van der Waals surface area contributed by atoms with Crippen molar-refractivity contribution in [1.82, 2.24) is 5.32 Å². The molecule has 0 aromatic rings. The lowest BCUT2D eigenvalue weighted by Gasteiger charge is -2.14. The topological polar surface area (TPSA) is 168 Å². The van der Waals surface area contributed by atoms with E-state index in [0.717, 1.165) is 0 Å². The molecule has 11 heteroatoms. The minimum atomic E-state index is -1.13. The molecule has 1 unspecified atom stereocenters. The quantitative estimate of drug-likeness (QED) is 0.131. The first-order chi connectivity index (χ1) is 12.5. The number of amides is 1. The maximum atomic E-state index is 11.7. The van der Waals surface area contributed by atoms with Crippen LogP contribution in [0.1, 0.15) is 12.8 Å². The van der Waals surface area contributed by atoms with Gasteiger partial charge in [-0.15, -0.1) is 0 Å². The summed E-state index contributed by atoms with van der Waals surface area (Å²) in [7, 11) is 1.60. The predicted octanol–water partition coefficient (Wildman–Crippen LogP) is -1.69. The number of carbonyl (C=O) groups is 2. The number of carbonyl (C=O) groups excluding carboxylic acids is 1. The van der Waals surface area contributed by atoms with E-state index < -0.39 is 17.9 Å². The largest absolute Gasteiger partial charge is 0.480 e. The Kier molecular flexibility index (Phi) is 15.3. The Labute approximate surface area is 153 Å². The van der Waals surface area contributed by atoms with Crippen LogP contribution in [-0.4, -0.2) is 88.9 Å². The average molecular weight is 378 g/mol. The smallest absolute Gasteiger partial charge is 0.326 e. The molecule has 11 nitrogen and oxygen atoms in total. The van der Waals surface area contributed by atoms with Gasteiger partial charge in [0.05, 0.1) is 39.6 Å². The first-order valence-electron chi connectivity index (χ1n) is 8.27. The molecule has 0 aliphatic rings. The van der Waals surface area contributed by atoms with Crippen LogP contribution < -0.4 is 16.8 Å². The highest BCUT2D eigenvalue weighted by Crippen LogP contribution is 1.98. The summed E-state index contributed by atoms with van der Waals surface area (Å²) >= 11 is 0. The zero-order chi connectivity index (χ0) is 19.6. The summed E-state index contributed by atoms with van der Waals surface area (Å²) in [4.78, 5) is 26.6. The van der Waals surface area contributed by atoms with Gasteiger partial charge in [-0.1, -0.05) is 0 Å². The summed E-state index contributed by atoms with van der Waals surface area (Å²) in [5.74, 6) is -1.69. The number of nitrogens with two attached hydrogens (primary N) is 2. The Balaban J connectivity index is 3.70. The van der Waals surface area contributed by atoms with Gasteiger partial charge in [-0.2, -0.15) is 0 Å². The van der Waals surface area contributed by atoms with Gasteiger partial charge in [-0.25, -0.2) is 4.79 Å². The van der Waals surface area contributed by atoms with Crippen molar-refractivity contribution in [3.05, 3.63) is 0 Å². The fourth-order valence-electron chi connectivity index (χ4n) is 1.74. The van der Waals surface area contributed by atoms with Gasteiger partial charge < -0.3 is 40.8 Å². The Bertz CT molecular complexity index is 417. The molecule has 0 rings (SSSR count). The van der Waals surface area contributed by atoms with Crippen LogP contribution in [0, 0.1) is 0 Å². The van der Waals surface area contributed by atoms with Gasteiger partial charge in [-0.05, 0) is 12.8 Å². The van der Waals surface area contributed by atoms with Crippen LogP contribution in [0.5, 0.6) is 0 Å². The number of aliphatic imine (C=N–C) groups is 1. The number of guanidine groups is 1. The zero-order valence-electron chi connectivity index (χ0n) is 15.1. The minimum Gasteiger partial charge on any atom is -0.480 e. The summed E-state index contributed by atoms with van der Waals surface area (Å²) in [6, 6.07) is -1.01. The fraction of sp³-hybridized carbons (Fsp3) is 0.800. The van der Waals surface area contributed by atoms with Gasteiger partial charge >= 0.3 is 5.97 Å². The zero-order valence-corrected chi connectivity index (χ0v) is 15.1. The lowest BCUT2D eigenvalue weighted by atomic mass is 10.1. The normalized spacial score (nSPS) is 11.7. The number of hydrogen-bond donors (Lipinski definition) is 4. The molecule has 0 bridgehead atoms. The number of hydrogen-bond acceptors (Lipinski definition) is 7. The van der Waals surface area contributed by atoms with Crippen LogP contribution in [0.2, 0.25) is 0 Å². The van der Waals surface area contributed by atoms with Crippen molar-refractivity contribution in [2.24, 2.45) is 16.5 Å². The molecule has 0 radical (unpaired) electrons. The number of nitrogens with zero attached hydrogens (tertiary/aromatic N) is 1. The number of methoxy groups -OCH3 is 1. The van der Waals surface area contributed by atoms with E-state index >= 15 is 0 Å². The first kappa shape index (κ1) is 24.1. The number of ether oxygens (including phenoxy) is 4. The minimum absolute atomic E-state index is 0.0573. The van der Waals surface area contributed by atoms with E-state index in [1.807, 2.05) is 0 Å². The summed E-state index contributed by atoms with van der Waals surface area (Å²) < 4.78 is 20.4. The van der Waals surface area contributed by atoms with Crippen molar-refractivity contribution >= 4 is 17.8 Å². The molecule has 0 aliphatic carbocycles. The predicted molar refractivity (Wildman–Crippen MR) is 93.8 cm³/mol. The molecule has 0 fully saturated rings. The average Bonchev–Trinajstić information content (AvgIpc) is 2.58. The van der Waals surface area contributed by atoms with Crippen LogP contribution in [0.4, 0.5) is 0 Å². The Morgan fingerprint density at radius 3 is 2.15 bits per heavy atom. The second-order valence-corrected chi connectivity index (χ2v) is 5.18. The monoisotopic (exact) mass is 378 g/mol. The van der Waals surface area contributed by atoms with Crippen LogP contribution in [0.3, 0.4) is 0 Å². The van der Waals surface area contributed by atoms with E-state index in [4.69, 9.17) is 35.5 Å². The van der Waals surface area contributed by atoms with Gasteiger partial charge in [0.15, 0.2) is 5.96 Å². The van der Waals surface area contributed by atoms with Crippen molar-refractivity contribution < 1.29 is 33.6 Å². The highest BCUT2D eigenvalue weighted by molar-refractivity contribution is 5.84. The lowest BCUT2D eigenvalue weighted by Crippen LogP contribution is -2.42. The highest BCUT2D eigenvalue weighted by atomic mass is 16.6.